The van der Waals surface area contributed by atoms with E-state index in [1.807, 2.05) is 24.7 Å². The number of hydrogen-bond acceptors (Lipinski definition) is 1. The van der Waals surface area contributed by atoms with Crippen LogP contribution in [-0.4, -0.2) is 6.54 Å². The van der Waals surface area contributed by atoms with Crippen LogP contribution in [-0.2, 0) is 0 Å². The molecule has 1 aromatic carbocycles. The highest BCUT2D eigenvalue weighted by Crippen LogP contribution is 2.12. The maximum atomic E-state index is 3.73. The number of hydrogen-bond donors (Lipinski definition) is 0. The van der Waals surface area contributed by atoms with Crippen LogP contribution in [0.25, 0.3) is 0 Å². The molecule has 0 aromatic heterocycles. The number of rotatable bonds is 3. The van der Waals surface area contributed by atoms with Gasteiger partial charge in [-0.1, -0.05) is 18.2 Å². The van der Waals surface area contributed by atoms with Crippen LogP contribution in [0.3, 0.4) is 0 Å². The molecule has 1 nitrogen and oxygen atoms in total. The summed E-state index contributed by atoms with van der Waals surface area (Å²) in [6.45, 7) is 8.65. The molecule has 0 spiro atoms. The molecule has 0 aliphatic rings. The maximum absolute atomic E-state index is 3.73. The summed E-state index contributed by atoms with van der Waals surface area (Å²) in [7, 11) is 0. The van der Waals surface area contributed by atoms with Crippen molar-refractivity contribution in [1.82, 2.24) is 0 Å². The Morgan fingerprint density at radius 2 is 2.00 bits per heavy atom. The summed E-state index contributed by atoms with van der Waals surface area (Å²) in [5.74, 6) is 0. The normalized spacial score (nSPS) is 9.64. The van der Waals surface area contributed by atoms with Gasteiger partial charge in [-0.05, 0) is 26.0 Å². The first-order valence-corrected chi connectivity index (χ1v) is 3.82. The van der Waals surface area contributed by atoms with Gasteiger partial charge in [-0.2, -0.15) is 0 Å². The minimum atomic E-state index is 0.966. The first-order valence-electron chi connectivity index (χ1n) is 3.82. The lowest BCUT2D eigenvalue weighted by atomic mass is 10.3. The second kappa shape index (κ2) is 4.02. The minimum Gasteiger partial charge on any atom is -0.367 e. The van der Waals surface area contributed by atoms with E-state index in [9.17, 15) is 0 Å². The van der Waals surface area contributed by atoms with Gasteiger partial charge in [0.2, 0.25) is 0 Å². The van der Waals surface area contributed by atoms with Crippen molar-refractivity contribution in [2.24, 2.45) is 0 Å². The van der Waals surface area contributed by atoms with Crippen LogP contribution in [0.1, 0.15) is 6.92 Å². The lowest BCUT2D eigenvalue weighted by molar-refractivity contribution is 0.974. The molecule has 0 fully saturated rings. The quantitative estimate of drug-likeness (QED) is 0.635. The fourth-order valence-corrected chi connectivity index (χ4v) is 1.04. The van der Waals surface area contributed by atoms with Crippen molar-refractivity contribution in [3.63, 3.8) is 0 Å². The summed E-state index contributed by atoms with van der Waals surface area (Å²) < 4.78 is 0. The van der Waals surface area contributed by atoms with Gasteiger partial charge in [-0.25, -0.2) is 0 Å². The molecule has 11 heavy (non-hydrogen) atoms. The van der Waals surface area contributed by atoms with E-state index >= 15 is 0 Å². The molecule has 0 N–H and O–H groups in total. The smallest absolute Gasteiger partial charge is 0.0494 e. The number of benzene rings is 1. The fourth-order valence-electron chi connectivity index (χ4n) is 1.04. The zero-order valence-electron chi connectivity index (χ0n) is 6.83. The molecule has 1 aromatic rings. The van der Waals surface area contributed by atoms with E-state index in [2.05, 4.69) is 30.9 Å². The summed E-state index contributed by atoms with van der Waals surface area (Å²) in [4.78, 5) is 2.10. The highest BCUT2D eigenvalue weighted by Gasteiger charge is 1.98. The van der Waals surface area contributed by atoms with Crippen LogP contribution in [0.15, 0.2) is 30.3 Å². The first kappa shape index (κ1) is 8.12. The van der Waals surface area contributed by atoms with E-state index in [4.69, 9.17) is 0 Å². The Hall–Kier alpha value is -0.980. The Bertz CT molecular complexity index is 189. The van der Waals surface area contributed by atoms with Gasteiger partial charge in [0.05, 0.1) is 0 Å². The highest BCUT2D eigenvalue weighted by atomic mass is 15.1. The van der Waals surface area contributed by atoms with Crippen molar-refractivity contribution in [1.29, 1.82) is 0 Å². The van der Waals surface area contributed by atoms with Gasteiger partial charge >= 0.3 is 0 Å². The van der Waals surface area contributed by atoms with Crippen molar-refractivity contribution >= 4 is 5.69 Å². The Labute approximate surface area is 68.7 Å². The third-order valence-corrected chi connectivity index (χ3v) is 1.65. The van der Waals surface area contributed by atoms with Gasteiger partial charge in [0.15, 0.2) is 0 Å². The fraction of sp³-hybridized carbons (Fsp3) is 0.200. The molecule has 58 valence electrons. The maximum Gasteiger partial charge on any atom is 0.0494 e. The predicted octanol–water partition coefficient (Wildman–Crippen LogP) is 2.51. The lowest BCUT2D eigenvalue weighted by Gasteiger charge is -2.19. The summed E-state index contributed by atoms with van der Waals surface area (Å²) >= 11 is 0. The number of nitrogens with zero attached hydrogens (tertiary/aromatic N) is 1. The molecule has 0 aliphatic carbocycles. The predicted molar refractivity (Wildman–Crippen MR) is 49.1 cm³/mol. The summed E-state index contributed by atoms with van der Waals surface area (Å²) in [5, 5.41) is 0. The first-order chi connectivity index (χ1) is 5.38. The largest absolute Gasteiger partial charge is 0.367 e. The molecule has 0 heterocycles. The van der Waals surface area contributed by atoms with Crippen LogP contribution in [0.2, 0.25) is 0 Å². The van der Waals surface area contributed by atoms with Gasteiger partial charge in [0.25, 0.3) is 0 Å². The zero-order valence-corrected chi connectivity index (χ0v) is 6.83. The van der Waals surface area contributed by atoms with Gasteiger partial charge in [0.1, 0.15) is 0 Å². The molecule has 0 unspecified atom stereocenters. The monoisotopic (exact) mass is 147 g/mol. The Morgan fingerprint density at radius 1 is 1.36 bits per heavy atom. The molecule has 0 saturated heterocycles. The molecular formula is C10H13N. The Kier molecular flexibility index (Phi) is 2.96. The molecule has 2 radical (unpaired) electrons. The number of anilines is 1. The second-order valence-corrected chi connectivity index (χ2v) is 2.30. The van der Waals surface area contributed by atoms with Crippen molar-refractivity contribution in [3.05, 3.63) is 43.8 Å². The molecule has 1 heteroatoms. The van der Waals surface area contributed by atoms with Crippen molar-refractivity contribution < 1.29 is 0 Å². The van der Waals surface area contributed by atoms with E-state index in [1.54, 1.807) is 0 Å². The van der Waals surface area contributed by atoms with Crippen LogP contribution < -0.4 is 4.90 Å². The topological polar surface area (TPSA) is 3.24 Å². The molecule has 1 rings (SSSR count). The van der Waals surface area contributed by atoms with Crippen molar-refractivity contribution in [3.8, 4) is 0 Å². The molecule has 0 saturated carbocycles. The number of para-hydroxylation sites is 1. The minimum absolute atomic E-state index is 0.966. The van der Waals surface area contributed by atoms with E-state index < -0.39 is 0 Å². The van der Waals surface area contributed by atoms with Crippen LogP contribution in [0.4, 0.5) is 5.69 Å². The second-order valence-electron chi connectivity index (χ2n) is 2.30. The Morgan fingerprint density at radius 3 is 2.45 bits per heavy atom. The van der Waals surface area contributed by atoms with Gasteiger partial charge in [0, 0.05) is 18.8 Å². The zero-order chi connectivity index (χ0) is 8.10. The van der Waals surface area contributed by atoms with Crippen LogP contribution in [0, 0.1) is 13.5 Å². The van der Waals surface area contributed by atoms with Crippen molar-refractivity contribution in [2.45, 2.75) is 6.92 Å². The lowest BCUT2D eigenvalue weighted by Crippen LogP contribution is -2.17. The van der Waals surface area contributed by atoms with E-state index in [-0.39, 0.29) is 0 Å². The Balaban J connectivity index is 2.74. The van der Waals surface area contributed by atoms with Gasteiger partial charge < -0.3 is 4.90 Å². The standard InChI is InChI=1S/C10H13N/c1-3-11(4-2)10-8-6-5-7-9-10/h3,5-9H,1,4H2,2H3. The molecule has 0 amide bonds. The summed E-state index contributed by atoms with van der Waals surface area (Å²) in [6, 6.07) is 10.2. The van der Waals surface area contributed by atoms with E-state index in [0.29, 0.717) is 0 Å². The average molecular weight is 147 g/mol. The van der Waals surface area contributed by atoms with E-state index in [1.165, 1.54) is 5.69 Å². The SMILES string of the molecule is [CH2][CH]N(CC)c1ccccc1. The summed E-state index contributed by atoms with van der Waals surface area (Å²) in [6.07, 6.45) is 0. The third-order valence-electron chi connectivity index (χ3n) is 1.65. The molecule has 0 bridgehead atoms. The molecular weight excluding hydrogens is 134 g/mol. The van der Waals surface area contributed by atoms with Crippen LogP contribution >= 0.6 is 0 Å². The van der Waals surface area contributed by atoms with E-state index in [0.717, 1.165) is 6.54 Å². The average Bonchev–Trinajstić information content (AvgIpc) is 2.09. The van der Waals surface area contributed by atoms with Gasteiger partial charge in [-0.3, -0.25) is 0 Å². The summed E-state index contributed by atoms with van der Waals surface area (Å²) in [5.41, 5.74) is 1.20. The van der Waals surface area contributed by atoms with Crippen molar-refractivity contribution in [2.75, 3.05) is 11.4 Å². The highest BCUT2D eigenvalue weighted by molar-refractivity contribution is 5.47. The molecule has 0 atom stereocenters. The third kappa shape index (κ3) is 1.97. The van der Waals surface area contributed by atoms with Gasteiger partial charge in [-0.15, -0.1) is 0 Å². The van der Waals surface area contributed by atoms with Crippen LogP contribution in [0.5, 0.6) is 0 Å². The molecule has 0 aliphatic heterocycles.